The van der Waals surface area contributed by atoms with Gasteiger partial charge in [0, 0.05) is 6.07 Å². The van der Waals surface area contributed by atoms with E-state index in [9.17, 15) is 9.59 Å². The fraction of sp³-hybridized carbons (Fsp3) is 0.455. The smallest absolute Gasteiger partial charge is 0.249 e. The van der Waals surface area contributed by atoms with Crippen molar-refractivity contribution in [2.45, 2.75) is 24.5 Å². The summed E-state index contributed by atoms with van der Waals surface area (Å²) in [5.41, 5.74) is 5.72. The zero-order valence-electron chi connectivity index (χ0n) is 10.7. The minimum Gasteiger partial charge on any atom is -0.383 e. The number of nitrogens with two attached hydrogens (primary N) is 1. The van der Waals surface area contributed by atoms with Crippen molar-refractivity contribution >= 4 is 35.2 Å². The number of thioether (sulfide) groups is 1. The van der Waals surface area contributed by atoms with E-state index in [0.717, 1.165) is 0 Å². The van der Waals surface area contributed by atoms with Gasteiger partial charge in [0.05, 0.1) is 6.54 Å². The van der Waals surface area contributed by atoms with E-state index in [1.807, 2.05) is 13.2 Å². The lowest BCUT2D eigenvalue weighted by Gasteiger charge is -2.34. The van der Waals surface area contributed by atoms with Crippen molar-refractivity contribution in [1.82, 2.24) is 15.3 Å². The van der Waals surface area contributed by atoms with Crippen LogP contribution in [0.15, 0.2) is 11.2 Å². The maximum Gasteiger partial charge on any atom is 0.249 e. The molecule has 0 radical (unpaired) electrons. The first-order chi connectivity index (χ1) is 9.05. The first-order valence-corrected chi connectivity index (χ1v) is 7.06. The van der Waals surface area contributed by atoms with Gasteiger partial charge in [-0.05, 0) is 12.7 Å². The monoisotopic (exact) mass is 281 g/mol. The van der Waals surface area contributed by atoms with E-state index in [0.29, 0.717) is 23.2 Å². The summed E-state index contributed by atoms with van der Waals surface area (Å²) in [4.78, 5) is 33.3. The van der Waals surface area contributed by atoms with E-state index in [1.54, 1.807) is 11.0 Å². The van der Waals surface area contributed by atoms with Crippen LogP contribution in [0.2, 0.25) is 0 Å². The second-order valence-corrected chi connectivity index (χ2v) is 4.88. The van der Waals surface area contributed by atoms with Crippen molar-refractivity contribution in [3.8, 4) is 0 Å². The summed E-state index contributed by atoms with van der Waals surface area (Å²) in [6.45, 7) is 1.97. The van der Waals surface area contributed by atoms with E-state index in [1.165, 1.54) is 11.8 Å². The van der Waals surface area contributed by atoms with Gasteiger partial charge in [-0.2, -0.15) is 0 Å². The van der Waals surface area contributed by atoms with Crippen LogP contribution in [-0.2, 0) is 9.59 Å². The Kier molecular flexibility index (Phi) is 3.89. The number of anilines is 2. The number of carbonyl (C=O) groups is 2. The molecule has 1 atom stereocenters. The average molecular weight is 281 g/mol. The Morgan fingerprint density at radius 2 is 2.26 bits per heavy atom. The Labute approximate surface area is 115 Å². The highest BCUT2D eigenvalue weighted by atomic mass is 32.2. The Morgan fingerprint density at radius 3 is 2.89 bits per heavy atom. The SMILES string of the molecule is CCC1C(=O)NC(=O)CN1c1cc(N)nc(SC)n1. The summed E-state index contributed by atoms with van der Waals surface area (Å²) < 4.78 is 0. The molecule has 19 heavy (non-hydrogen) atoms. The number of nitrogens with one attached hydrogen (secondary N) is 1. The number of hydrogen-bond donors (Lipinski definition) is 2. The Balaban J connectivity index is 2.39. The molecule has 1 saturated heterocycles. The van der Waals surface area contributed by atoms with Gasteiger partial charge >= 0.3 is 0 Å². The molecule has 0 saturated carbocycles. The number of nitrogens with zero attached hydrogens (tertiary/aromatic N) is 3. The number of hydrogen-bond acceptors (Lipinski definition) is 7. The molecule has 1 unspecified atom stereocenters. The molecule has 0 spiro atoms. The van der Waals surface area contributed by atoms with Gasteiger partial charge in [0.15, 0.2) is 5.16 Å². The molecule has 7 nitrogen and oxygen atoms in total. The third kappa shape index (κ3) is 2.78. The van der Waals surface area contributed by atoms with Crippen LogP contribution in [-0.4, -0.2) is 40.6 Å². The fourth-order valence-corrected chi connectivity index (χ4v) is 2.36. The molecule has 2 heterocycles. The summed E-state index contributed by atoms with van der Waals surface area (Å²) in [5.74, 6) is 0.189. The molecule has 3 N–H and O–H groups in total. The van der Waals surface area contributed by atoms with Crippen LogP contribution in [0.25, 0.3) is 0 Å². The zero-order chi connectivity index (χ0) is 14.0. The normalized spacial score (nSPS) is 19.5. The summed E-state index contributed by atoms with van der Waals surface area (Å²) in [7, 11) is 0. The molecule has 0 bridgehead atoms. The highest BCUT2D eigenvalue weighted by molar-refractivity contribution is 7.98. The van der Waals surface area contributed by atoms with Crippen molar-refractivity contribution < 1.29 is 9.59 Å². The predicted molar refractivity (Wildman–Crippen MR) is 72.8 cm³/mol. The van der Waals surface area contributed by atoms with Gasteiger partial charge in [-0.1, -0.05) is 18.7 Å². The molecule has 1 aromatic heterocycles. The van der Waals surface area contributed by atoms with E-state index in [2.05, 4.69) is 15.3 Å². The van der Waals surface area contributed by atoms with Crippen molar-refractivity contribution in [3.05, 3.63) is 6.07 Å². The molecular formula is C11H15N5O2S. The highest BCUT2D eigenvalue weighted by Crippen LogP contribution is 2.22. The fourth-order valence-electron chi connectivity index (χ4n) is 1.98. The first-order valence-electron chi connectivity index (χ1n) is 5.84. The number of imide groups is 1. The molecule has 0 aromatic carbocycles. The van der Waals surface area contributed by atoms with E-state index in [4.69, 9.17) is 5.73 Å². The minimum atomic E-state index is -0.415. The molecule has 1 aliphatic rings. The predicted octanol–water partition coefficient (Wildman–Crippen LogP) is 0.0221. The molecule has 1 aromatic rings. The van der Waals surface area contributed by atoms with E-state index in [-0.39, 0.29) is 18.4 Å². The molecule has 2 rings (SSSR count). The molecule has 1 fully saturated rings. The topological polar surface area (TPSA) is 101 Å². The van der Waals surface area contributed by atoms with Crippen molar-refractivity contribution in [2.24, 2.45) is 0 Å². The van der Waals surface area contributed by atoms with Crippen LogP contribution < -0.4 is 16.0 Å². The van der Waals surface area contributed by atoms with E-state index < -0.39 is 6.04 Å². The standard InChI is InChI=1S/C11H15N5O2S/c1-3-6-10(18)15-9(17)5-16(6)8-4-7(12)13-11(14-8)19-2/h4,6H,3,5H2,1-2H3,(H2,12,13,14)(H,15,17,18). The second kappa shape index (κ2) is 5.43. The van der Waals surface area contributed by atoms with Gasteiger partial charge in [0.1, 0.15) is 17.7 Å². The van der Waals surface area contributed by atoms with E-state index >= 15 is 0 Å². The van der Waals surface area contributed by atoms with Crippen molar-refractivity contribution in [2.75, 3.05) is 23.4 Å². The zero-order valence-corrected chi connectivity index (χ0v) is 11.5. The van der Waals surface area contributed by atoms with Crippen molar-refractivity contribution in [3.63, 3.8) is 0 Å². The molecule has 8 heteroatoms. The number of rotatable bonds is 3. The number of amides is 2. The molecular weight excluding hydrogens is 266 g/mol. The van der Waals surface area contributed by atoms with Crippen LogP contribution in [0.3, 0.4) is 0 Å². The summed E-state index contributed by atoms with van der Waals surface area (Å²) in [6.07, 6.45) is 2.42. The Hall–Kier alpha value is -1.83. The lowest BCUT2D eigenvalue weighted by atomic mass is 10.1. The number of nitrogen functional groups attached to an aromatic ring is 1. The van der Waals surface area contributed by atoms with Crippen LogP contribution in [0.1, 0.15) is 13.3 Å². The van der Waals surface area contributed by atoms with Crippen LogP contribution in [0.4, 0.5) is 11.6 Å². The summed E-state index contributed by atoms with van der Waals surface area (Å²) in [5, 5.41) is 2.84. The second-order valence-electron chi connectivity index (χ2n) is 4.10. The maximum atomic E-state index is 11.8. The Bertz CT molecular complexity index is 522. The van der Waals surface area contributed by atoms with Crippen LogP contribution in [0, 0.1) is 0 Å². The van der Waals surface area contributed by atoms with Gasteiger partial charge < -0.3 is 10.6 Å². The summed E-state index contributed by atoms with van der Waals surface area (Å²) >= 11 is 1.36. The minimum absolute atomic E-state index is 0.0918. The van der Waals surface area contributed by atoms with Gasteiger partial charge in [-0.15, -0.1) is 0 Å². The highest BCUT2D eigenvalue weighted by Gasteiger charge is 2.33. The quantitative estimate of drug-likeness (QED) is 0.457. The average Bonchev–Trinajstić information content (AvgIpc) is 2.37. The Morgan fingerprint density at radius 1 is 1.53 bits per heavy atom. The van der Waals surface area contributed by atoms with Crippen molar-refractivity contribution in [1.29, 1.82) is 0 Å². The largest absolute Gasteiger partial charge is 0.383 e. The lowest BCUT2D eigenvalue weighted by Crippen LogP contribution is -2.58. The summed E-state index contributed by atoms with van der Waals surface area (Å²) in [6, 6.07) is 1.16. The lowest BCUT2D eigenvalue weighted by molar-refractivity contribution is -0.132. The first kappa shape index (κ1) is 13.6. The third-order valence-electron chi connectivity index (χ3n) is 2.83. The number of carbonyl (C=O) groups excluding carboxylic acids is 2. The molecule has 1 aliphatic heterocycles. The third-order valence-corrected chi connectivity index (χ3v) is 3.38. The number of aromatic nitrogens is 2. The van der Waals surface area contributed by atoms with Gasteiger partial charge in [-0.25, -0.2) is 9.97 Å². The molecule has 2 amide bonds. The van der Waals surface area contributed by atoms with Gasteiger partial charge in [0.25, 0.3) is 0 Å². The molecule has 102 valence electrons. The van der Waals surface area contributed by atoms with Gasteiger partial charge in [-0.3, -0.25) is 14.9 Å². The maximum absolute atomic E-state index is 11.8. The number of piperazine rings is 1. The van der Waals surface area contributed by atoms with Crippen LogP contribution >= 0.6 is 11.8 Å². The molecule has 0 aliphatic carbocycles. The van der Waals surface area contributed by atoms with Gasteiger partial charge in [0.2, 0.25) is 11.8 Å². The van der Waals surface area contributed by atoms with Crippen LogP contribution in [0.5, 0.6) is 0 Å².